The van der Waals surface area contributed by atoms with Crippen LogP contribution < -0.4 is 0 Å². The van der Waals surface area contributed by atoms with Crippen molar-refractivity contribution in [2.75, 3.05) is 6.61 Å². The lowest BCUT2D eigenvalue weighted by molar-refractivity contribution is -0.141. The Bertz CT molecular complexity index is 1220. The van der Waals surface area contributed by atoms with E-state index in [1.807, 2.05) is 97.3 Å². The molecule has 0 spiro atoms. The number of ketones is 1. The lowest BCUT2D eigenvalue weighted by Crippen LogP contribution is -2.16. The Morgan fingerprint density at radius 2 is 1.57 bits per heavy atom. The summed E-state index contributed by atoms with van der Waals surface area (Å²) < 4.78 is 7.36. The zero-order valence-corrected chi connectivity index (χ0v) is 17.1. The molecule has 4 rings (SSSR count). The van der Waals surface area contributed by atoms with Crippen molar-refractivity contribution in [3.05, 3.63) is 101 Å². The number of Topliss-reactive ketones (excluding diaryl/α,β-unsaturated/α-hetero) is 1. The van der Waals surface area contributed by atoms with Crippen LogP contribution in [0.4, 0.5) is 0 Å². The summed E-state index contributed by atoms with van der Waals surface area (Å²) in [5.41, 5.74) is 4.28. The summed E-state index contributed by atoms with van der Waals surface area (Å²) in [4.78, 5) is 25.1. The van der Waals surface area contributed by atoms with Crippen molar-refractivity contribution in [2.45, 2.75) is 20.3 Å². The number of carbonyl (C=O) groups excluding carboxylic acids is 2. The van der Waals surface area contributed by atoms with Gasteiger partial charge in [0.1, 0.15) is 0 Å². The molecule has 0 aliphatic carbocycles. The average molecular weight is 397 g/mol. The molecule has 0 fully saturated rings. The van der Waals surface area contributed by atoms with Crippen molar-refractivity contribution in [1.82, 2.24) is 4.57 Å². The summed E-state index contributed by atoms with van der Waals surface area (Å²) in [5.74, 6) is -0.604. The summed E-state index contributed by atoms with van der Waals surface area (Å²) in [6, 6.07) is 25.5. The Balaban J connectivity index is 1.45. The molecule has 0 bridgehead atoms. The van der Waals surface area contributed by atoms with Gasteiger partial charge < -0.3 is 9.30 Å². The van der Waals surface area contributed by atoms with Crippen molar-refractivity contribution in [3.8, 4) is 5.69 Å². The van der Waals surface area contributed by atoms with E-state index in [0.717, 1.165) is 33.4 Å². The fraction of sp³-hybridized carbons (Fsp3) is 0.154. The third kappa shape index (κ3) is 3.90. The summed E-state index contributed by atoms with van der Waals surface area (Å²) in [5, 5.41) is 2.10. The standard InChI is InChI=1S/C26H23NO3/c1-18-15-24(19(2)27(18)22-12-4-3-5-13-22)25(28)17-30-26(29)16-21-11-8-10-20-9-6-7-14-23(20)21/h3-15H,16-17H2,1-2H3. The van der Waals surface area contributed by atoms with Crippen LogP contribution in [0, 0.1) is 13.8 Å². The smallest absolute Gasteiger partial charge is 0.310 e. The van der Waals surface area contributed by atoms with Crippen molar-refractivity contribution in [3.63, 3.8) is 0 Å². The molecule has 0 radical (unpaired) electrons. The quantitative estimate of drug-likeness (QED) is 0.331. The van der Waals surface area contributed by atoms with Crippen LogP contribution in [0.15, 0.2) is 78.9 Å². The molecule has 0 unspecified atom stereocenters. The topological polar surface area (TPSA) is 48.3 Å². The Morgan fingerprint density at radius 1 is 0.867 bits per heavy atom. The maximum absolute atomic E-state index is 12.7. The first-order valence-electron chi connectivity index (χ1n) is 9.94. The van der Waals surface area contributed by atoms with E-state index in [1.54, 1.807) is 0 Å². The predicted molar refractivity (Wildman–Crippen MR) is 118 cm³/mol. The number of hydrogen-bond donors (Lipinski definition) is 0. The number of ether oxygens (including phenoxy) is 1. The van der Waals surface area contributed by atoms with Gasteiger partial charge in [-0.3, -0.25) is 9.59 Å². The second-order valence-electron chi connectivity index (χ2n) is 7.35. The second-order valence-corrected chi connectivity index (χ2v) is 7.35. The van der Waals surface area contributed by atoms with Crippen LogP contribution in [0.25, 0.3) is 16.5 Å². The minimum absolute atomic E-state index is 0.137. The Hall–Kier alpha value is -3.66. The average Bonchev–Trinajstić information content (AvgIpc) is 3.07. The number of hydrogen-bond acceptors (Lipinski definition) is 3. The molecular weight excluding hydrogens is 374 g/mol. The van der Waals surface area contributed by atoms with Gasteiger partial charge in [0.25, 0.3) is 0 Å². The molecule has 30 heavy (non-hydrogen) atoms. The molecule has 0 aliphatic rings. The largest absolute Gasteiger partial charge is 0.457 e. The van der Waals surface area contributed by atoms with Crippen LogP contribution >= 0.6 is 0 Å². The lowest BCUT2D eigenvalue weighted by Gasteiger charge is -2.10. The van der Waals surface area contributed by atoms with Gasteiger partial charge in [0.15, 0.2) is 6.61 Å². The minimum atomic E-state index is -0.406. The highest BCUT2D eigenvalue weighted by Crippen LogP contribution is 2.22. The van der Waals surface area contributed by atoms with Crippen LogP contribution in [0.5, 0.6) is 0 Å². The first kappa shape index (κ1) is 19.6. The number of rotatable bonds is 6. The van der Waals surface area contributed by atoms with E-state index >= 15 is 0 Å². The summed E-state index contributed by atoms with van der Waals surface area (Å²) in [6.45, 7) is 3.61. The van der Waals surface area contributed by atoms with Crippen LogP contribution in [0.1, 0.15) is 27.3 Å². The van der Waals surface area contributed by atoms with E-state index in [4.69, 9.17) is 4.74 Å². The van der Waals surface area contributed by atoms with E-state index in [0.29, 0.717) is 5.56 Å². The number of esters is 1. The van der Waals surface area contributed by atoms with Crippen LogP contribution in [0.2, 0.25) is 0 Å². The van der Waals surface area contributed by atoms with Crippen LogP contribution in [0.3, 0.4) is 0 Å². The Kier molecular flexibility index (Phi) is 5.48. The molecular formula is C26H23NO3. The first-order chi connectivity index (χ1) is 14.5. The van der Waals surface area contributed by atoms with Gasteiger partial charge in [-0.2, -0.15) is 0 Å². The third-order valence-electron chi connectivity index (χ3n) is 5.32. The van der Waals surface area contributed by atoms with Gasteiger partial charge in [0, 0.05) is 22.6 Å². The summed E-state index contributed by atoms with van der Waals surface area (Å²) in [7, 11) is 0. The van der Waals surface area contributed by atoms with E-state index in [1.165, 1.54) is 0 Å². The van der Waals surface area contributed by atoms with Gasteiger partial charge in [-0.1, -0.05) is 60.7 Å². The highest BCUT2D eigenvalue weighted by Gasteiger charge is 2.18. The van der Waals surface area contributed by atoms with E-state index in [-0.39, 0.29) is 18.8 Å². The van der Waals surface area contributed by atoms with Gasteiger partial charge in [-0.15, -0.1) is 0 Å². The van der Waals surface area contributed by atoms with Gasteiger partial charge >= 0.3 is 5.97 Å². The molecule has 4 heteroatoms. The van der Waals surface area contributed by atoms with Gasteiger partial charge in [-0.05, 0) is 48.4 Å². The second kappa shape index (κ2) is 8.37. The zero-order chi connectivity index (χ0) is 21.1. The minimum Gasteiger partial charge on any atom is -0.457 e. The molecule has 1 heterocycles. The molecule has 0 saturated heterocycles. The fourth-order valence-electron chi connectivity index (χ4n) is 3.90. The van der Waals surface area contributed by atoms with E-state index < -0.39 is 5.97 Å². The van der Waals surface area contributed by atoms with Crippen LogP contribution in [-0.4, -0.2) is 22.9 Å². The number of aryl methyl sites for hydroxylation is 1. The molecule has 0 aliphatic heterocycles. The normalized spacial score (nSPS) is 10.9. The molecule has 4 nitrogen and oxygen atoms in total. The van der Waals surface area contributed by atoms with E-state index in [2.05, 4.69) is 0 Å². The molecule has 0 N–H and O–H groups in total. The van der Waals surface area contributed by atoms with Gasteiger partial charge in [0.05, 0.1) is 6.42 Å². The van der Waals surface area contributed by atoms with Crippen molar-refractivity contribution in [1.29, 1.82) is 0 Å². The van der Waals surface area contributed by atoms with Gasteiger partial charge in [-0.25, -0.2) is 0 Å². The third-order valence-corrected chi connectivity index (χ3v) is 5.32. The monoisotopic (exact) mass is 397 g/mol. The summed E-state index contributed by atoms with van der Waals surface area (Å²) >= 11 is 0. The Labute approximate surface area is 175 Å². The highest BCUT2D eigenvalue weighted by molar-refractivity contribution is 5.99. The van der Waals surface area contributed by atoms with Crippen molar-refractivity contribution >= 4 is 22.5 Å². The molecule has 4 aromatic rings. The number of carbonyl (C=O) groups is 2. The van der Waals surface area contributed by atoms with Gasteiger partial charge in [0.2, 0.25) is 5.78 Å². The number of benzene rings is 3. The number of fused-ring (bicyclic) bond motifs is 1. The number of nitrogens with zero attached hydrogens (tertiary/aromatic N) is 1. The first-order valence-corrected chi connectivity index (χ1v) is 9.94. The summed E-state index contributed by atoms with van der Waals surface area (Å²) in [6.07, 6.45) is 0.137. The molecule has 0 saturated carbocycles. The predicted octanol–water partition coefficient (Wildman–Crippen LogP) is 5.22. The molecule has 0 amide bonds. The molecule has 150 valence electrons. The molecule has 1 aromatic heterocycles. The fourth-order valence-corrected chi connectivity index (χ4v) is 3.90. The van der Waals surface area contributed by atoms with E-state index in [9.17, 15) is 9.59 Å². The van der Waals surface area contributed by atoms with Crippen molar-refractivity contribution in [2.24, 2.45) is 0 Å². The van der Waals surface area contributed by atoms with Crippen molar-refractivity contribution < 1.29 is 14.3 Å². The molecule has 0 atom stereocenters. The maximum Gasteiger partial charge on any atom is 0.310 e. The maximum atomic E-state index is 12.7. The highest BCUT2D eigenvalue weighted by atomic mass is 16.5. The SMILES string of the molecule is Cc1cc(C(=O)COC(=O)Cc2cccc3ccccc23)c(C)n1-c1ccccc1. The number of para-hydroxylation sites is 1. The van der Waals surface area contributed by atoms with Crippen LogP contribution in [-0.2, 0) is 16.0 Å². The lowest BCUT2D eigenvalue weighted by atomic mass is 10.0. The molecule has 3 aromatic carbocycles. The number of aromatic nitrogens is 1. The Morgan fingerprint density at radius 3 is 2.37 bits per heavy atom. The zero-order valence-electron chi connectivity index (χ0n) is 17.1.